The van der Waals surface area contributed by atoms with Gasteiger partial charge in [-0.1, -0.05) is 118 Å². The molecular weight excluding hydrogens is 504 g/mol. The predicted molar refractivity (Wildman–Crippen MR) is 164 cm³/mol. The number of unbranched alkanes of at least 4 members (excludes halogenated alkanes) is 14. The van der Waals surface area contributed by atoms with Crippen LogP contribution in [0.4, 0.5) is 0 Å². The Morgan fingerprint density at radius 1 is 0.525 bits per heavy atom. The van der Waals surface area contributed by atoms with Crippen LogP contribution in [-0.4, -0.2) is 37.7 Å². The van der Waals surface area contributed by atoms with E-state index in [1.165, 1.54) is 51.4 Å². The normalized spacial score (nSPS) is 13.4. The first-order valence-corrected chi connectivity index (χ1v) is 16.9. The zero-order valence-electron chi connectivity index (χ0n) is 26.7. The molecule has 0 amide bonds. The lowest BCUT2D eigenvalue weighted by Crippen LogP contribution is -2.15. The molecule has 0 aliphatic rings. The molecule has 0 bridgehead atoms. The first kappa shape index (κ1) is 38.4. The predicted octanol–water partition coefficient (Wildman–Crippen LogP) is 9.51. The number of rotatable bonds is 30. The van der Waals surface area contributed by atoms with E-state index in [1.807, 2.05) is 13.8 Å². The van der Waals surface area contributed by atoms with Crippen LogP contribution in [0.25, 0.3) is 0 Å². The van der Waals surface area contributed by atoms with Gasteiger partial charge in [0.1, 0.15) is 6.10 Å². The van der Waals surface area contributed by atoms with Gasteiger partial charge >= 0.3 is 11.9 Å². The first-order valence-electron chi connectivity index (χ1n) is 16.9. The van der Waals surface area contributed by atoms with Crippen molar-refractivity contribution in [3.05, 3.63) is 0 Å². The van der Waals surface area contributed by atoms with Gasteiger partial charge in [-0.3, -0.25) is 14.4 Å². The summed E-state index contributed by atoms with van der Waals surface area (Å²) in [5, 5.41) is 0. The lowest BCUT2D eigenvalue weighted by Gasteiger charge is -2.15. The number of carbonyl (C=O) groups is 3. The molecule has 40 heavy (non-hydrogen) atoms. The van der Waals surface area contributed by atoms with Gasteiger partial charge in [-0.05, 0) is 51.4 Å². The molecule has 0 aromatic rings. The summed E-state index contributed by atoms with van der Waals surface area (Å²) in [6.45, 7) is 9.92. The maximum Gasteiger partial charge on any atom is 0.308 e. The highest BCUT2D eigenvalue weighted by molar-refractivity contribution is 5.72. The summed E-state index contributed by atoms with van der Waals surface area (Å²) < 4.78 is 16.1. The Kier molecular flexibility index (Phi) is 27.8. The van der Waals surface area contributed by atoms with Crippen molar-refractivity contribution >= 4 is 18.4 Å². The Labute approximate surface area is 247 Å². The molecule has 0 aliphatic heterocycles. The largest absolute Gasteiger partial charge is 0.465 e. The van der Waals surface area contributed by atoms with E-state index in [-0.39, 0.29) is 29.9 Å². The first-order chi connectivity index (χ1) is 19.5. The molecule has 6 heteroatoms. The number of carbonyl (C=O) groups excluding carboxylic acids is 3. The van der Waals surface area contributed by atoms with Crippen LogP contribution in [0.15, 0.2) is 0 Å². The van der Waals surface area contributed by atoms with Gasteiger partial charge in [0.2, 0.25) is 0 Å². The van der Waals surface area contributed by atoms with Crippen molar-refractivity contribution in [2.45, 2.75) is 175 Å². The number of hydrogen-bond donors (Lipinski definition) is 0. The smallest absolute Gasteiger partial charge is 0.308 e. The Morgan fingerprint density at radius 3 is 1.23 bits per heavy atom. The molecule has 0 saturated heterocycles. The van der Waals surface area contributed by atoms with Crippen LogP contribution in [0, 0.1) is 11.8 Å². The van der Waals surface area contributed by atoms with E-state index in [0.717, 1.165) is 89.9 Å². The average molecular weight is 569 g/mol. The van der Waals surface area contributed by atoms with Gasteiger partial charge < -0.3 is 14.2 Å². The molecule has 0 N–H and O–H groups in total. The molecule has 0 spiro atoms. The second-order valence-electron chi connectivity index (χ2n) is 11.8. The SMILES string of the molecule is CCCCC(C)C(=O)OCCCCCCCCCC(CCCCCCCCCOC(=O)C(C)CCCC)OC=O. The maximum atomic E-state index is 11.9. The summed E-state index contributed by atoms with van der Waals surface area (Å²) in [5.74, 6) is -0.0353. The summed E-state index contributed by atoms with van der Waals surface area (Å²) in [6.07, 6.45) is 24.1. The van der Waals surface area contributed by atoms with E-state index in [1.54, 1.807) is 0 Å². The molecule has 0 heterocycles. The van der Waals surface area contributed by atoms with Gasteiger partial charge in [0.05, 0.1) is 25.0 Å². The lowest BCUT2D eigenvalue weighted by atomic mass is 10.0. The molecule has 0 aliphatic carbocycles. The molecular formula is C34H64O6. The molecule has 0 radical (unpaired) electrons. The van der Waals surface area contributed by atoms with Gasteiger partial charge in [0.15, 0.2) is 0 Å². The summed E-state index contributed by atoms with van der Waals surface area (Å²) in [5.41, 5.74) is 0. The Bertz CT molecular complexity index is 547. The van der Waals surface area contributed by atoms with Crippen LogP contribution in [-0.2, 0) is 28.6 Å². The third-order valence-electron chi connectivity index (χ3n) is 7.86. The van der Waals surface area contributed by atoms with Gasteiger partial charge in [0.25, 0.3) is 6.47 Å². The number of ether oxygens (including phenoxy) is 3. The third-order valence-corrected chi connectivity index (χ3v) is 7.86. The topological polar surface area (TPSA) is 78.9 Å². The summed E-state index contributed by atoms with van der Waals surface area (Å²) >= 11 is 0. The molecule has 0 aromatic carbocycles. The fraction of sp³-hybridized carbons (Fsp3) is 0.912. The summed E-state index contributed by atoms with van der Waals surface area (Å²) in [7, 11) is 0. The van der Waals surface area contributed by atoms with Crippen LogP contribution in [0.5, 0.6) is 0 Å². The minimum absolute atomic E-state index is 0.0244. The quantitative estimate of drug-likeness (QED) is 0.0371. The van der Waals surface area contributed by atoms with Crippen molar-refractivity contribution < 1.29 is 28.6 Å². The van der Waals surface area contributed by atoms with Gasteiger partial charge in [-0.2, -0.15) is 0 Å². The fourth-order valence-corrected chi connectivity index (χ4v) is 4.96. The second kappa shape index (κ2) is 28.9. The number of hydrogen-bond acceptors (Lipinski definition) is 6. The van der Waals surface area contributed by atoms with Gasteiger partial charge in [-0.25, -0.2) is 0 Å². The van der Waals surface area contributed by atoms with Crippen molar-refractivity contribution in [2.75, 3.05) is 13.2 Å². The van der Waals surface area contributed by atoms with Crippen LogP contribution < -0.4 is 0 Å². The molecule has 2 unspecified atom stereocenters. The molecule has 2 atom stereocenters. The highest BCUT2D eigenvalue weighted by Gasteiger charge is 2.14. The molecule has 0 aromatic heterocycles. The highest BCUT2D eigenvalue weighted by atomic mass is 16.5. The van der Waals surface area contributed by atoms with E-state index in [4.69, 9.17) is 14.2 Å². The molecule has 0 rings (SSSR count). The monoisotopic (exact) mass is 568 g/mol. The lowest BCUT2D eigenvalue weighted by molar-refractivity contribution is -0.149. The second-order valence-corrected chi connectivity index (χ2v) is 11.8. The Morgan fingerprint density at radius 2 is 0.875 bits per heavy atom. The van der Waals surface area contributed by atoms with Crippen LogP contribution in [0.2, 0.25) is 0 Å². The van der Waals surface area contributed by atoms with Gasteiger partial charge in [0, 0.05) is 0 Å². The van der Waals surface area contributed by atoms with E-state index < -0.39 is 0 Å². The average Bonchev–Trinajstić information content (AvgIpc) is 2.95. The van der Waals surface area contributed by atoms with Crippen molar-refractivity contribution in [3.63, 3.8) is 0 Å². The minimum Gasteiger partial charge on any atom is -0.465 e. The number of esters is 2. The summed E-state index contributed by atoms with van der Waals surface area (Å²) in [6, 6.07) is 0. The van der Waals surface area contributed by atoms with E-state index in [0.29, 0.717) is 19.7 Å². The van der Waals surface area contributed by atoms with Crippen LogP contribution in [0.3, 0.4) is 0 Å². The van der Waals surface area contributed by atoms with Crippen LogP contribution >= 0.6 is 0 Å². The van der Waals surface area contributed by atoms with E-state index >= 15 is 0 Å². The molecule has 0 saturated carbocycles. The van der Waals surface area contributed by atoms with Gasteiger partial charge in [-0.15, -0.1) is 0 Å². The van der Waals surface area contributed by atoms with E-state index in [9.17, 15) is 14.4 Å². The zero-order chi connectivity index (χ0) is 29.7. The van der Waals surface area contributed by atoms with Crippen molar-refractivity contribution in [3.8, 4) is 0 Å². The minimum atomic E-state index is -0.0421. The maximum absolute atomic E-state index is 11.9. The zero-order valence-corrected chi connectivity index (χ0v) is 26.7. The Balaban J connectivity index is 3.59. The van der Waals surface area contributed by atoms with Crippen LogP contribution in [0.1, 0.15) is 169 Å². The standard InChI is InChI=1S/C34H64O6/c1-5-7-23-30(3)33(36)38-27-21-17-13-9-11-15-19-25-32(40-29-35)26-20-16-12-10-14-18-22-28-39-34(37)31(4)24-8-6-2/h29-32H,5-28H2,1-4H3. The molecule has 6 nitrogen and oxygen atoms in total. The third kappa shape index (κ3) is 24.2. The van der Waals surface area contributed by atoms with Crippen molar-refractivity contribution in [2.24, 2.45) is 11.8 Å². The fourth-order valence-electron chi connectivity index (χ4n) is 4.96. The molecule has 0 fully saturated rings. The van der Waals surface area contributed by atoms with Crippen molar-refractivity contribution in [1.82, 2.24) is 0 Å². The Hall–Kier alpha value is -1.59. The van der Waals surface area contributed by atoms with E-state index in [2.05, 4.69) is 13.8 Å². The highest BCUT2D eigenvalue weighted by Crippen LogP contribution is 2.17. The summed E-state index contributed by atoms with van der Waals surface area (Å²) in [4.78, 5) is 34.7. The molecule has 236 valence electrons. The van der Waals surface area contributed by atoms with Crippen molar-refractivity contribution in [1.29, 1.82) is 0 Å².